The summed E-state index contributed by atoms with van der Waals surface area (Å²) in [7, 11) is 0. The average molecular weight is 438 g/mol. The summed E-state index contributed by atoms with van der Waals surface area (Å²) in [6, 6.07) is 13.2. The number of pyridine rings is 2. The van der Waals surface area contributed by atoms with Gasteiger partial charge in [0.25, 0.3) is 0 Å². The Morgan fingerprint density at radius 2 is 1.91 bits per heavy atom. The van der Waals surface area contributed by atoms with Gasteiger partial charge in [0.2, 0.25) is 5.91 Å². The fourth-order valence-electron chi connectivity index (χ4n) is 3.73. The summed E-state index contributed by atoms with van der Waals surface area (Å²) in [6.45, 7) is 0.281. The number of aldehydes is 1. The standard InChI is InChI=1S/C26H22N4O3/c27-24-7-2-16(12-29-24)3-8-25(32)30-14-21-10-20-9-19(23-6-1-17(15-31)13-28-23)11-22(18-4-5-18)26(20)33-21/h1-3,6-13,15,18H,4-5,14H2,(H2,27,29)(H,30,32)/b8-3+. The summed E-state index contributed by atoms with van der Waals surface area (Å²) in [5, 5.41) is 3.83. The first kappa shape index (κ1) is 20.6. The van der Waals surface area contributed by atoms with E-state index in [0.717, 1.165) is 52.5 Å². The van der Waals surface area contributed by atoms with Gasteiger partial charge in [-0.05, 0) is 78.4 Å². The number of amides is 1. The van der Waals surface area contributed by atoms with E-state index in [0.29, 0.717) is 23.1 Å². The van der Waals surface area contributed by atoms with Crippen LogP contribution in [0.5, 0.6) is 0 Å². The summed E-state index contributed by atoms with van der Waals surface area (Å²) < 4.78 is 6.12. The molecule has 3 N–H and O–H groups in total. The third-order valence-electron chi connectivity index (χ3n) is 5.60. The zero-order chi connectivity index (χ0) is 22.8. The summed E-state index contributed by atoms with van der Waals surface area (Å²) >= 11 is 0. The third kappa shape index (κ3) is 4.67. The Labute approximate surface area is 190 Å². The number of benzene rings is 1. The van der Waals surface area contributed by atoms with Crippen LogP contribution in [0, 0.1) is 0 Å². The normalized spacial score (nSPS) is 13.5. The Bertz CT molecular complexity index is 1350. The number of nitrogen functional groups attached to an aromatic ring is 1. The van der Waals surface area contributed by atoms with Crippen LogP contribution in [0.15, 0.2) is 65.4 Å². The molecule has 5 rings (SSSR count). The van der Waals surface area contributed by atoms with Crippen molar-refractivity contribution >= 4 is 35.1 Å². The molecule has 1 saturated carbocycles. The molecule has 7 nitrogen and oxygen atoms in total. The van der Waals surface area contributed by atoms with Crippen molar-refractivity contribution in [1.82, 2.24) is 15.3 Å². The summed E-state index contributed by atoms with van der Waals surface area (Å²) in [5.41, 5.74) is 10.7. The molecule has 7 heteroatoms. The first-order valence-corrected chi connectivity index (χ1v) is 10.7. The van der Waals surface area contributed by atoms with Crippen molar-refractivity contribution in [3.05, 3.63) is 83.4 Å². The number of rotatable bonds is 7. The number of hydrogen-bond donors (Lipinski definition) is 2. The molecule has 4 aromatic rings. The second kappa shape index (κ2) is 8.70. The lowest BCUT2D eigenvalue weighted by atomic mass is 10.0. The molecular formula is C26H22N4O3. The summed E-state index contributed by atoms with van der Waals surface area (Å²) in [6.07, 6.45) is 9.37. The fraction of sp³-hybridized carbons (Fsp3) is 0.154. The van der Waals surface area contributed by atoms with Crippen molar-refractivity contribution in [3.8, 4) is 11.3 Å². The number of nitrogens with zero attached hydrogens (tertiary/aromatic N) is 2. The topological polar surface area (TPSA) is 111 Å². The van der Waals surface area contributed by atoms with Gasteiger partial charge in [0, 0.05) is 35.0 Å². The molecular weight excluding hydrogens is 416 g/mol. The van der Waals surface area contributed by atoms with E-state index in [9.17, 15) is 9.59 Å². The Morgan fingerprint density at radius 3 is 2.61 bits per heavy atom. The molecule has 3 aromatic heterocycles. The number of anilines is 1. The monoisotopic (exact) mass is 438 g/mol. The zero-order valence-corrected chi connectivity index (χ0v) is 17.8. The fourth-order valence-corrected chi connectivity index (χ4v) is 3.73. The summed E-state index contributed by atoms with van der Waals surface area (Å²) in [4.78, 5) is 31.6. The van der Waals surface area contributed by atoms with E-state index < -0.39 is 0 Å². The van der Waals surface area contributed by atoms with Gasteiger partial charge in [-0.25, -0.2) is 4.98 Å². The molecule has 0 saturated heterocycles. The molecule has 1 fully saturated rings. The van der Waals surface area contributed by atoms with Crippen LogP contribution in [-0.4, -0.2) is 22.2 Å². The van der Waals surface area contributed by atoms with E-state index in [-0.39, 0.29) is 12.5 Å². The van der Waals surface area contributed by atoms with Crippen molar-refractivity contribution in [3.63, 3.8) is 0 Å². The highest BCUT2D eigenvalue weighted by atomic mass is 16.3. The summed E-state index contributed by atoms with van der Waals surface area (Å²) in [5.74, 6) is 1.37. The molecule has 1 aromatic carbocycles. The van der Waals surface area contributed by atoms with E-state index in [1.807, 2.05) is 18.2 Å². The quantitative estimate of drug-likeness (QED) is 0.325. The Morgan fingerprint density at radius 1 is 1.09 bits per heavy atom. The molecule has 0 unspecified atom stereocenters. The number of aromatic nitrogens is 2. The van der Waals surface area contributed by atoms with E-state index >= 15 is 0 Å². The second-order valence-corrected chi connectivity index (χ2v) is 8.13. The van der Waals surface area contributed by atoms with Gasteiger partial charge >= 0.3 is 0 Å². The third-order valence-corrected chi connectivity index (χ3v) is 5.60. The van der Waals surface area contributed by atoms with Gasteiger partial charge in [-0.1, -0.05) is 0 Å². The number of carbonyl (C=O) groups excluding carboxylic acids is 2. The number of fused-ring (bicyclic) bond motifs is 1. The number of hydrogen-bond acceptors (Lipinski definition) is 6. The molecule has 1 aliphatic carbocycles. The van der Waals surface area contributed by atoms with Gasteiger partial charge in [0.15, 0.2) is 6.29 Å². The van der Waals surface area contributed by atoms with Crippen LogP contribution in [0.2, 0.25) is 0 Å². The number of carbonyl (C=O) groups is 2. The van der Waals surface area contributed by atoms with Crippen LogP contribution in [0.3, 0.4) is 0 Å². The average Bonchev–Trinajstić information content (AvgIpc) is 3.60. The number of nitrogens with one attached hydrogen (secondary N) is 1. The molecule has 0 aliphatic heterocycles. The highest BCUT2D eigenvalue weighted by Crippen LogP contribution is 2.45. The van der Waals surface area contributed by atoms with E-state index in [2.05, 4.69) is 21.4 Å². The maximum absolute atomic E-state index is 12.2. The van der Waals surface area contributed by atoms with Gasteiger partial charge in [0.1, 0.15) is 17.2 Å². The van der Waals surface area contributed by atoms with Crippen molar-refractivity contribution in [2.24, 2.45) is 0 Å². The number of furan rings is 1. The molecule has 1 aliphatic rings. The lowest BCUT2D eigenvalue weighted by Gasteiger charge is -2.06. The molecule has 3 heterocycles. The minimum atomic E-state index is -0.227. The van der Waals surface area contributed by atoms with Crippen molar-refractivity contribution in [2.75, 3.05) is 5.73 Å². The second-order valence-electron chi connectivity index (χ2n) is 8.13. The SMILES string of the molecule is Nc1ccc(/C=C/C(=O)NCc2cc3cc(-c4ccc(C=O)cn4)cc(C4CC4)c3o2)cn1. The Hall–Kier alpha value is -4.26. The van der Waals surface area contributed by atoms with Crippen molar-refractivity contribution in [1.29, 1.82) is 0 Å². The molecule has 0 spiro atoms. The van der Waals surface area contributed by atoms with E-state index in [1.165, 1.54) is 6.08 Å². The van der Waals surface area contributed by atoms with E-state index in [1.54, 1.807) is 36.7 Å². The van der Waals surface area contributed by atoms with E-state index in [4.69, 9.17) is 10.2 Å². The molecule has 0 bridgehead atoms. The first-order chi connectivity index (χ1) is 16.1. The van der Waals surface area contributed by atoms with Crippen molar-refractivity contribution in [2.45, 2.75) is 25.3 Å². The lowest BCUT2D eigenvalue weighted by Crippen LogP contribution is -2.19. The van der Waals surface area contributed by atoms with Crippen molar-refractivity contribution < 1.29 is 14.0 Å². The van der Waals surface area contributed by atoms with Crippen LogP contribution >= 0.6 is 0 Å². The zero-order valence-electron chi connectivity index (χ0n) is 17.8. The lowest BCUT2D eigenvalue weighted by molar-refractivity contribution is -0.116. The Balaban J connectivity index is 1.35. The van der Waals surface area contributed by atoms with Crippen LogP contribution in [0.1, 0.15) is 46.0 Å². The highest BCUT2D eigenvalue weighted by Gasteiger charge is 2.28. The van der Waals surface area contributed by atoms with Gasteiger partial charge in [-0.15, -0.1) is 0 Å². The molecule has 33 heavy (non-hydrogen) atoms. The highest BCUT2D eigenvalue weighted by molar-refractivity contribution is 5.92. The minimum Gasteiger partial charge on any atom is -0.459 e. The van der Waals surface area contributed by atoms with Gasteiger partial charge in [0.05, 0.1) is 12.2 Å². The molecule has 164 valence electrons. The molecule has 0 radical (unpaired) electrons. The molecule has 1 amide bonds. The van der Waals surface area contributed by atoms with Crippen LogP contribution in [0.25, 0.3) is 28.3 Å². The van der Waals surface area contributed by atoms with Gasteiger partial charge < -0.3 is 15.5 Å². The smallest absolute Gasteiger partial charge is 0.244 e. The Kier molecular flexibility index (Phi) is 5.44. The maximum Gasteiger partial charge on any atom is 0.244 e. The van der Waals surface area contributed by atoms with Crippen LogP contribution < -0.4 is 11.1 Å². The van der Waals surface area contributed by atoms with Crippen LogP contribution in [-0.2, 0) is 11.3 Å². The maximum atomic E-state index is 12.2. The first-order valence-electron chi connectivity index (χ1n) is 10.7. The van der Waals surface area contributed by atoms with Gasteiger partial charge in [-0.2, -0.15) is 0 Å². The largest absolute Gasteiger partial charge is 0.459 e. The predicted octanol–water partition coefficient (Wildman–Crippen LogP) is 4.49. The molecule has 0 atom stereocenters. The number of nitrogens with two attached hydrogens (primary N) is 1. The van der Waals surface area contributed by atoms with Crippen LogP contribution in [0.4, 0.5) is 5.82 Å². The van der Waals surface area contributed by atoms with Gasteiger partial charge in [-0.3, -0.25) is 14.6 Å². The minimum absolute atomic E-state index is 0.227. The predicted molar refractivity (Wildman–Crippen MR) is 126 cm³/mol.